The molecule has 0 saturated heterocycles. The van der Waals surface area contributed by atoms with Gasteiger partial charge >= 0.3 is 5.97 Å². The number of hydrogen-bond donors (Lipinski definition) is 2. The van der Waals surface area contributed by atoms with Crippen LogP contribution in [0.15, 0.2) is 72.9 Å². The molecule has 2 N–H and O–H groups in total. The summed E-state index contributed by atoms with van der Waals surface area (Å²) in [6.07, 6.45) is 32.6. The summed E-state index contributed by atoms with van der Waals surface area (Å²) in [7, 11) is 0. The molecule has 0 spiro atoms. The van der Waals surface area contributed by atoms with Crippen LogP contribution in [0.3, 0.4) is 0 Å². The minimum atomic E-state index is -0.901. The predicted molar refractivity (Wildman–Crippen MR) is 123 cm³/mol. The van der Waals surface area contributed by atoms with Gasteiger partial charge in [-0.3, -0.25) is 9.59 Å². The van der Waals surface area contributed by atoms with Gasteiger partial charge in [0.2, 0.25) is 5.91 Å². The molecule has 0 aromatic heterocycles. The zero-order valence-corrected chi connectivity index (χ0v) is 17.8. The lowest BCUT2D eigenvalue weighted by atomic mass is 10.2. The van der Waals surface area contributed by atoms with Gasteiger partial charge in [0, 0.05) is 13.0 Å². The molecule has 0 rings (SSSR count). The van der Waals surface area contributed by atoms with Crippen LogP contribution in [0.4, 0.5) is 0 Å². The first-order valence-electron chi connectivity index (χ1n) is 10.5. The lowest BCUT2D eigenvalue weighted by Crippen LogP contribution is -2.25. The van der Waals surface area contributed by atoms with Crippen LogP contribution >= 0.6 is 0 Å². The van der Waals surface area contributed by atoms with Crippen LogP contribution in [0, 0.1) is 0 Å². The highest BCUT2D eigenvalue weighted by atomic mass is 16.4. The number of allylic oxidation sites excluding steroid dienone is 12. The van der Waals surface area contributed by atoms with Crippen molar-refractivity contribution in [1.82, 2.24) is 5.32 Å². The number of amides is 1. The van der Waals surface area contributed by atoms with Crippen LogP contribution in [0.5, 0.6) is 0 Å². The number of carbonyl (C=O) groups is 2. The summed E-state index contributed by atoms with van der Waals surface area (Å²) in [5.74, 6) is -1.01. The van der Waals surface area contributed by atoms with Gasteiger partial charge in [0.15, 0.2) is 0 Å². The third kappa shape index (κ3) is 23.3. The molecule has 4 heteroatoms. The Morgan fingerprint density at radius 3 is 1.48 bits per heavy atom. The Balaban J connectivity index is 3.57. The van der Waals surface area contributed by atoms with E-state index in [1.165, 1.54) is 0 Å². The second kappa shape index (κ2) is 21.7. The van der Waals surface area contributed by atoms with Crippen molar-refractivity contribution >= 4 is 11.9 Å². The zero-order chi connectivity index (χ0) is 21.4. The molecule has 0 bridgehead atoms. The Morgan fingerprint density at radius 2 is 1.07 bits per heavy atom. The zero-order valence-electron chi connectivity index (χ0n) is 17.8. The highest BCUT2D eigenvalue weighted by molar-refractivity contribution is 5.76. The van der Waals surface area contributed by atoms with E-state index < -0.39 is 5.97 Å². The number of nitrogens with one attached hydrogen (secondary N) is 1. The summed E-state index contributed by atoms with van der Waals surface area (Å²) in [5, 5.41) is 11.1. The first-order valence-corrected chi connectivity index (χ1v) is 10.5. The third-order valence-electron chi connectivity index (χ3n) is 3.80. The molecule has 0 fully saturated rings. The highest BCUT2D eigenvalue weighted by Gasteiger charge is 2.00. The van der Waals surface area contributed by atoms with Crippen molar-refractivity contribution in [3.8, 4) is 0 Å². The smallest absolute Gasteiger partial charge is 0.305 e. The van der Waals surface area contributed by atoms with E-state index in [4.69, 9.17) is 5.11 Å². The van der Waals surface area contributed by atoms with Crippen LogP contribution in [-0.4, -0.2) is 23.5 Å². The summed E-state index contributed by atoms with van der Waals surface area (Å²) < 4.78 is 0. The molecule has 29 heavy (non-hydrogen) atoms. The fourth-order valence-corrected chi connectivity index (χ4v) is 2.25. The summed E-state index contributed by atoms with van der Waals surface area (Å²) in [5.41, 5.74) is 0. The van der Waals surface area contributed by atoms with Crippen molar-refractivity contribution in [2.24, 2.45) is 0 Å². The van der Waals surface area contributed by atoms with Crippen molar-refractivity contribution in [1.29, 1.82) is 0 Å². The summed E-state index contributed by atoms with van der Waals surface area (Å²) >= 11 is 0. The fourth-order valence-electron chi connectivity index (χ4n) is 2.25. The van der Waals surface area contributed by atoms with Crippen LogP contribution in [0.2, 0.25) is 0 Å². The quantitative estimate of drug-likeness (QED) is 0.292. The van der Waals surface area contributed by atoms with Crippen molar-refractivity contribution in [3.05, 3.63) is 72.9 Å². The monoisotopic (exact) mass is 399 g/mol. The molecule has 0 aliphatic heterocycles. The maximum atomic E-state index is 11.4. The van der Waals surface area contributed by atoms with Gasteiger partial charge in [0.05, 0.1) is 6.42 Å². The predicted octanol–water partition coefficient (Wildman–Crippen LogP) is 6.06. The van der Waals surface area contributed by atoms with Gasteiger partial charge in [0.1, 0.15) is 0 Å². The average Bonchev–Trinajstić information content (AvgIpc) is 2.69. The minimum absolute atomic E-state index is 0.0361. The molecule has 160 valence electrons. The molecule has 0 saturated carbocycles. The van der Waals surface area contributed by atoms with Gasteiger partial charge in [-0.1, -0.05) is 79.8 Å². The maximum absolute atomic E-state index is 11.4. The number of aliphatic carboxylic acids is 1. The third-order valence-corrected chi connectivity index (χ3v) is 3.80. The van der Waals surface area contributed by atoms with E-state index in [0.29, 0.717) is 12.8 Å². The topological polar surface area (TPSA) is 66.4 Å². The molecule has 1 amide bonds. The molecule has 4 nitrogen and oxygen atoms in total. The van der Waals surface area contributed by atoms with Crippen molar-refractivity contribution < 1.29 is 14.7 Å². The number of carbonyl (C=O) groups excluding carboxylic acids is 1. The number of carboxylic acid groups (broad SMARTS) is 1. The summed E-state index contributed by atoms with van der Waals surface area (Å²) in [6.45, 7) is 2.34. The normalized spacial score (nSPS) is 12.6. The second-order valence-electron chi connectivity index (χ2n) is 6.45. The lowest BCUT2D eigenvalue weighted by molar-refractivity contribution is -0.136. The highest BCUT2D eigenvalue weighted by Crippen LogP contribution is 1.97. The number of hydrogen-bond acceptors (Lipinski definition) is 2. The lowest BCUT2D eigenvalue weighted by Gasteiger charge is -2.00. The number of carboxylic acids is 1. The van der Waals surface area contributed by atoms with Crippen molar-refractivity contribution in [2.75, 3.05) is 6.54 Å². The van der Waals surface area contributed by atoms with Crippen LogP contribution < -0.4 is 5.32 Å². The number of rotatable bonds is 17. The molecular formula is C25H37NO3. The van der Waals surface area contributed by atoms with Crippen molar-refractivity contribution in [3.63, 3.8) is 0 Å². The van der Waals surface area contributed by atoms with E-state index in [9.17, 15) is 9.59 Å². The minimum Gasteiger partial charge on any atom is -0.481 e. The maximum Gasteiger partial charge on any atom is 0.305 e. The van der Waals surface area contributed by atoms with E-state index in [-0.39, 0.29) is 18.9 Å². The Hall–Kier alpha value is -2.62. The fraction of sp³-hybridized carbons (Fsp3) is 0.440. The van der Waals surface area contributed by atoms with E-state index in [1.807, 2.05) is 12.2 Å². The van der Waals surface area contributed by atoms with Gasteiger partial charge < -0.3 is 10.4 Å². The first-order chi connectivity index (χ1) is 14.2. The molecule has 0 aliphatic carbocycles. The molecular weight excluding hydrogens is 362 g/mol. The average molecular weight is 400 g/mol. The van der Waals surface area contributed by atoms with Gasteiger partial charge in [0.25, 0.3) is 0 Å². The largest absolute Gasteiger partial charge is 0.481 e. The second-order valence-corrected chi connectivity index (χ2v) is 6.45. The Labute approximate surface area is 176 Å². The van der Waals surface area contributed by atoms with Gasteiger partial charge in [-0.2, -0.15) is 0 Å². The first kappa shape index (κ1) is 26.4. The van der Waals surface area contributed by atoms with Gasteiger partial charge in [-0.05, 0) is 44.9 Å². The molecule has 0 aromatic carbocycles. The molecule has 0 aliphatic rings. The van der Waals surface area contributed by atoms with E-state index in [1.54, 1.807) is 0 Å². The summed E-state index contributed by atoms with van der Waals surface area (Å²) in [4.78, 5) is 21.8. The van der Waals surface area contributed by atoms with Gasteiger partial charge in [-0.15, -0.1) is 0 Å². The van der Waals surface area contributed by atoms with E-state index in [0.717, 1.165) is 38.5 Å². The summed E-state index contributed by atoms with van der Waals surface area (Å²) in [6, 6.07) is 0. The standard InChI is InChI=1S/C25H37NO3/c1-2-3-4-5-6-7-8-9-10-11-12-13-14-15-16-17-18-19-20-21-24(27)26-23-22-25(28)29/h3-4,6-7,9-10,12-13,15-16,18-19H,2,5,8,11,14,17,20-23H2,1H3,(H,26,27)(H,28,29)/b4-3-,7-6-,10-9-,13-12-,16-15-,19-18-. The molecule has 0 heterocycles. The molecule has 0 atom stereocenters. The SMILES string of the molecule is CC/C=C\C/C=C\C/C=C\C/C=C\C/C=C\C/C=C\CCC(=O)NCCC(=O)O. The molecule has 0 radical (unpaired) electrons. The molecule has 0 aromatic rings. The van der Waals surface area contributed by atoms with Crippen LogP contribution in [0.1, 0.15) is 64.7 Å². The van der Waals surface area contributed by atoms with E-state index >= 15 is 0 Å². The van der Waals surface area contributed by atoms with E-state index in [2.05, 4.69) is 73.0 Å². The molecule has 0 unspecified atom stereocenters. The van der Waals surface area contributed by atoms with Gasteiger partial charge in [-0.25, -0.2) is 0 Å². The Bertz CT molecular complexity index is 595. The van der Waals surface area contributed by atoms with Crippen LogP contribution in [0.25, 0.3) is 0 Å². The Kier molecular flexibility index (Phi) is 19.7. The van der Waals surface area contributed by atoms with Crippen LogP contribution in [-0.2, 0) is 9.59 Å². The van der Waals surface area contributed by atoms with Crippen molar-refractivity contribution in [2.45, 2.75) is 64.7 Å². The Morgan fingerprint density at radius 1 is 0.655 bits per heavy atom.